The summed E-state index contributed by atoms with van der Waals surface area (Å²) in [4.78, 5) is 12.3. The Balaban J connectivity index is 2.12. The lowest BCUT2D eigenvalue weighted by molar-refractivity contribution is 0.0851. The molecule has 0 spiro atoms. The van der Waals surface area contributed by atoms with Gasteiger partial charge >= 0.3 is 0 Å². The Morgan fingerprint density at radius 3 is 2.22 bits per heavy atom. The van der Waals surface area contributed by atoms with Gasteiger partial charge in [-0.2, -0.15) is 0 Å². The molecule has 2 rings (SSSR count). The lowest BCUT2D eigenvalue weighted by Gasteiger charge is -2.21. The van der Waals surface area contributed by atoms with Crippen molar-refractivity contribution < 1.29 is 18.7 Å². The number of aliphatic hydroxyl groups excluding tert-OH is 1. The lowest BCUT2D eigenvalue weighted by Crippen LogP contribution is -2.37. The summed E-state index contributed by atoms with van der Waals surface area (Å²) in [7, 11) is 0. The third kappa shape index (κ3) is 4.13. The molecule has 2 atom stereocenters. The number of aryl methyl sites for hydroxylation is 2. The summed E-state index contributed by atoms with van der Waals surface area (Å²) in [5.74, 6) is -2.34. The van der Waals surface area contributed by atoms with E-state index in [1.54, 1.807) is 19.1 Å². The molecule has 2 N–H and O–H groups in total. The van der Waals surface area contributed by atoms with Crippen LogP contribution in [0.3, 0.4) is 0 Å². The number of hydrogen-bond acceptors (Lipinski definition) is 2. The van der Waals surface area contributed by atoms with Gasteiger partial charge in [0, 0.05) is 5.56 Å². The predicted molar refractivity (Wildman–Crippen MR) is 84.2 cm³/mol. The maximum Gasteiger partial charge on any atom is 0.251 e. The van der Waals surface area contributed by atoms with Crippen LogP contribution in [0.1, 0.15) is 40.1 Å². The molecule has 0 fully saturated rings. The fourth-order valence-corrected chi connectivity index (χ4v) is 2.46. The zero-order valence-electron chi connectivity index (χ0n) is 13.2. The van der Waals surface area contributed by atoms with Gasteiger partial charge in [-0.15, -0.1) is 0 Å². The van der Waals surface area contributed by atoms with E-state index in [2.05, 4.69) is 5.32 Å². The van der Waals surface area contributed by atoms with Crippen LogP contribution in [0.2, 0.25) is 0 Å². The minimum Gasteiger partial charge on any atom is -0.386 e. The van der Waals surface area contributed by atoms with Crippen LogP contribution in [-0.2, 0) is 0 Å². The Labute approximate surface area is 134 Å². The van der Waals surface area contributed by atoms with Gasteiger partial charge in [0.25, 0.3) is 5.91 Å². The highest BCUT2D eigenvalue weighted by Gasteiger charge is 2.20. The Morgan fingerprint density at radius 1 is 1.04 bits per heavy atom. The number of aliphatic hydroxyl groups is 1. The first-order valence-electron chi connectivity index (χ1n) is 7.30. The molecule has 2 aromatic rings. The van der Waals surface area contributed by atoms with E-state index >= 15 is 0 Å². The number of halogens is 2. The summed E-state index contributed by atoms with van der Waals surface area (Å²) in [5.41, 5.74) is 2.62. The normalized spacial score (nSPS) is 13.5. The Morgan fingerprint density at radius 2 is 1.65 bits per heavy atom. The van der Waals surface area contributed by atoms with E-state index in [1.165, 1.54) is 6.07 Å². The highest BCUT2D eigenvalue weighted by atomic mass is 19.2. The molecule has 0 heterocycles. The van der Waals surface area contributed by atoms with Crippen molar-refractivity contribution in [3.8, 4) is 0 Å². The average Bonchev–Trinajstić information content (AvgIpc) is 2.48. The smallest absolute Gasteiger partial charge is 0.251 e. The van der Waals surface area contributed by atoms with Crippen LogP contribution in [0.5, 0.6) is 0 Å². The van der Waals surface area contributed by atoms with Crippen molar-refractivity contribution in [2.24, 2.45) is 0 Å². The zero-order chi connectivity index (χ0) is 17.1. The monoisotopic (exact) mass is 319 g/mol. The van der Waals surface area contributed by atoms with Crippen LogP contribution < -0.4 is 5.32 Å². The SMILES string of the molecule is Cc1cc(C)cc(C(=O)NC(C)C(O)c2ccc(F)c(F)c2)c1. The van der Waals surface area contributed by atoms with Crippen molar-refractivity contribution in [3.63, 3.8) is 0 Å². The first-order valence-corrected chi connectivity index (χ1v) is 7.30. The molecule has 3 nitrogen and oxygen atoms in total. The van der Waals surface area contributed by atoms with Crippen LogP contribution in [0.4, 0.5) is 8.78 Å². The molecular weight excluding hydrogens is 300 g/mol. The van der Waals surface area contributed by atoms with Gasteiger partial charge in [-0.1, -0.05) is 23.3 Å². The molecule has 2 unspecified atom stereocenters. The minimum atomic E-state index is -1.14. The number of carbonyl (C=O) groups excluding carboxylic acids is 1. The molecule has 0 radical (unpaired) electrons. The van der Waals surface area contributed by atoms with Crippen molar-refractivity contribution in [1.82, 2.24) is 5.32 Å². The molecule has 0 aliphatic carbocycles. The van der Waals surface area contributed by atoms with E-state index in [1.807, 2.05) is 19.9 Å². The van der Waals surface area contributed by atoms with E-state index in [4.69, 9.17) is 0 Å². The fraction of sp³-hybridized carbons (Fsp3) is 0.278. The fourth-order valence-electron chi connectivity index (χ4n) is 2.46. The molecule has 0 aliphatic heterocycles. The van der Waals surface area contributed by atoms with Gasteiger partial charge in [0.2, 0.25) is 0 Å². The van der Waals surface area contributed by atoms with Gasteiger partial charge < -0.3 is 10.4 Å². The number of hydrogen-bond donors (Lipinski definition) is 2. The molecule has 2 aromatic carbocycles. The van der Waals surface area contributed by atoms with Crippen molar-refractivity contribution >= 4 is 5.91 Å². The molecule has 0 saturated carbocycles. The van der Waals surface area contributed by atoms with Crippen LogP contribution in [0.15, 0.2) is 36.4 Å². The van der Waals surface area contributed by atoms with Crippen LogP contribution >= 0.6 is 0 Å². The van der Waals surface area contributed by atoms with Crippen LogP contribution in [-0.4, -0.2) is 17.1 Å². The summed E-state index contributed by atoms with van der Waals surface area (Å²) in [6.45, 7) is 5.39. The zero-order valence-corrected chi connectivity index (χ0v) is 13.2. The van der Waals surface area contributed by atoms with Gasteiger partial charge in [-0.3, -0.25) is 4.79 Å². The van der Waals surface area contributed by atoms with Crippen LogP contribution in [0.25, 0.3) is 0 Å². The van der Waals surface area contributed by atoms with E-state index in [9.17, 15) is 18.7 Å². The first-order chi connectivity index (χ1) is 10.8. The Kier molecular flexibility index (Phi) is 5.11. The Bertz CT molecular complexity index is 711. The maximum atomic E-state index is 13.2. The summed E-state index contributed by atoms with van der Waals surface area (Å²) in [5, 5.41) is 12.9. The van der Waals surface area contributed by atoms with E-state index in [0.29, 0.717) is 5.56 Å². The van der Waals surface area contributed by atoms with E-state index in [0.717, 1.165) is 23.3 Å². The number of benzene rings is 2. The van der Waals surface area contributed by atoms with Gasteiger partial charge in [0.05, 0.1) is 12.1 Å². The highest BCUT2D eigenvalue weighted by molar-refractivity contribution is 5.94. The van der Waals surface area contributed by atoms with Crippen molar-refractivity contribution in [1.29, 1.82) is 0 Å². The van der Waals surface area contributed by atoms with Crippen molar-refractivity contribution in [3.05, 3.63) is 70.3 Å². The predicted octanol–water partition coefficient (Wildman–Crippen LogP) is 3.43. The van der Waals surface area contributed by atoms with Crippen molar-refractivity contribution in [2.75, 3.05) is 0 Å². The number of nitrogens with one attached hydrogen (secondary N) is 1. The number of rotatable bonds is 4. The standard InChI is InChI=1S/C18H19F2NO2/c1-10-6-11(2)8-14(7-10)18(23)21-12(3)17(22)13-4-5-15(19)16(20)9-13/h4-9,12,17,22H,1-3H3,(H,21,23). The molecule has 0 saturated heterocycles. The molecule has 122 valence electrons. The van der Waals surface area contributed by atoms with Gasteiger partial charge in [0.1, 0.15) is 0 Å². The molecule has 0 aliphatic rings. The molecule has 5 heteroatoms. The number of carbonyl (C=O) groups is 1. The molecule has 0 bridgehead atoms. The highest BCUT2D eigenvalue weighted by Crippen LogP contribution is 2.20. The summed E-state index contributed by atoms with van der Waals surface area (Å²) in [6, 6.07) is 7.97. The second-order valence-electron chi connectivity index (χ2n) is 5.76. The molecule has 1 amide bonds. The van der Waals surface area contributed by atoms with Gasteiger partial charge in [0.15, 0.2) is 11.6 Å². The quantitative estimate of drug-likeness (QED) is 0.907. The van der Waals surface area contributed by atoms with Gasteiger partial charge in [-0.05, 0) is 50.6 Å². The third-order valence-electron chi connectivity index (χ3n) is 3.60. The summed E-state index contributed by atoms with van der Waals surface area (Å²) >= 11 is 0. The molecular formula is C18H19F2NO2. The number of amides is 1. The molecule has 23 heavy (non-hydrogen) atoms. The van der Waals surface area contributed by atoms with Crippen LogP contribution in [0, 0.1) is 25.5 Å². The van der Waals surface area contributed by atoms with E-state index in [-0.39, 0.29) is 11.5 Å². The lowest BCUT2D eigenvalue weighted by atomic mass is 10.0. The van der Waals surface area contributed by atoms with Crippen molar-refractivity contribution in [2.45, 2.75) is 32.9 Å². The second kappa shape index (κ2) is 6.87. The molecule has 0 aromatic heterocycles. The minimum absolute atomic E-state index is 0.206. The second-order valence-corrected chi connectivity index (χ2v) is 5.76. The summed E-state index contributed by atoms with van der Waals surface area (Å²) in [6.07, 6.45) is -1.14. The van der Waals surface area contributed by atoms with E-state index < -0.39 is 23.8 Å². The topological polar surface area (TPSA) is 49.3 Å². The first kappa shape index (κ1) is 17.1. The largest absolute Gasteiger partial charge is 0.386 e. The Hall–Kier alpha value is -2.27. The third-order valence-corrected chi connectivity index (χ3v) is 3.60. The average molecular weight is 319 g/mol. The summed E-state index contributed by atoms with van der Waals surface area (Å²) < 4.78 is 26.2. The maximum absolute atomic E-state index is 13.2. The van der Waals surface area contributed by atoms with Gasteiger partial charge in [-0.25, -0.2) is 8.78 Å².